The summed E-state index contributed by atoms with van der Waals surface area (Å²) in [6.07, 6.45) is 1.86. The number of anilines is 1. The van der Waals surface area contributed by atoms with Crippen LogP contribution >= 0.6 is 0 Å². The molecule has 0 amide bonds. The molecule has 1 fully saturated rings. The van der Waals surface area contributed by atoms with Gasteiger partial charge in [-0.05, 0) is 0 Å². The van der Waals surface area contributed by atoms with Gasteiger partial charge in [0, 0.05) is 0 Å². The molecule has 14 heavy (non-hydrogen) atoms. The molecule has 0 aliphatic carbocycles. The summed E-state index contributed by atoms with van der Waals surface area (Å²) >= 11 is 2.60. The van der Waals surface area contributed by atoms with Crippen LogP contribution < -0.4 is 4.90 Å². The Morgan fingerprint density at radius 1 is 1.43 bits per heavy atom. The standard InChI is InChI=1S/C10H13AsN2O/c11-8-9-2-1-3-12-10(9)13-4-6-14-7-5-13/h1-3H,4-8H2. The topological polar surface area (TPSA) is 25.4 Å². The van der Waals surface area contributed by atoms with Gasteiger partial charge >= 0.3 is 92.7 Å². The molecule has 0 aromatic carbocycles. The zero-order valence-corrected chi connectivity index (χ0v) is 9.89. The summed E-state index contributed by atoms with van der Waals surface area (Å²) in [7, 11) is 0. The van der Waals surface area contributed by atoms with Gasteiger partial charge in [0.15, 0.2) is 0 Å². The molecule has 0 N–H and O–H groups in total. The Kier molecular flexibility index (Phi) is 3.44. The van der Waals surface area contributed by atoms with Gasteiger partial charge in [-0.2, -0.15) is 0 Å². The predicted octanol–water partition coefficient (Wildman–Crippen LogP) is 0.587. The van der Waals surface area contributed by atoms with Crippen LogP contribution in [0.4, 0.5) is 5.82 Å². The predicted molar refractivity (Wildman–Crippen MR) is 56.7 cm³/mol. The fourth-order valence-electron chi connectivity index (χ4n) is 1.61. The third-order valence-corrected chi connectivity index (χ3v) is 3.06. The number of nitrogens with zero attached hydrogens (tertiary/aromatic N) is 2. The van der Waals surface area contributed by atoms with Crippen LogP contribution in [0.2, 0.25) is 0 Å². The molecule has 3 nitrogen and oxygen atoms in total. The van der Waals surface area contributed by atoms with Gasteiger partial charge in [-0.25, -0.2) is 0 Å². The van der Waals surface area contributed by atoms with Gasteiger partial charge < -0.3 is 0 Å². The molecule has 2 heterocycles. The Balaban J connectivity index is 2.20. The second kappa shape index (κ2) is 4.81. The third kappa shape index (κ3) is 2.10. The summed E-state index contributed by atoms with van der Waals surface area (Å²) in [5.74, 6) is 1.12. The molecule has 0 spiro atoms. The van der Waals surface area contributed by atoms with Crippen LogP contribution in [-0.4, -0.2) is 48.1 Å². The van der Waals surface area contributed by atoms with Gasteiger partial charge in [0.05, 0.1) is 0 Å². The van der Waals surface area contributed by atoms with Gasteiger partial charge in [0.1, 0.15) is 0 Å². The van der Waals surface area contributed by atoms with E-state index in [9.17, 15) is 0 Å². The summed E-state index contributed by atoms with van der Waals surface area (Å²) in [6.45, 7) is 3.54. The summed E-state index contributed by atoms with van der Waals surface area (Å²) in [5, 5.41) is 0.980. The van der Waals surface area contributed by atoms with Gasteiger partial charge in [0.25, 0.3) is 0 Å². The molecule has 0 bridgehead atoms. The van der Waals surface area contributed by atoms with Gasteiger partial charge in [-0.3, -0.25) is 0 Å². The van der Waals surface area contributed by atoms with Crippen molar-refractivity contribution in [2.45, 2.75) is 5.21 Å². The molecule has 1 aromatic rings. The Hall–Kier alpha value is -0.532. The molecule has 1 aliphatic rings. The van der Waals surface area contributed by atoms with E-state index in [0.717, 1.165) is 37.3 Å². The summed E-state index contributed by atoms with van der Waals surface area (Å²) < 4.78 is 5.32. The molecule has 4 heteroatoms. The molecular formula is C10H13AsN2O. The molecule has 0 unspecified atom stereocenters. The fourth-order valence-corrected chi connectivity index (χ4v) is 2.13. The molecule has 2 rings (SSSR count). The van der Waals surface area contributed by atoms with Crippen LogP contribution in [-0.2, 0) is 9.95 Å². The number of morpholine rings is 1. The number of hydrogen-bond donors (Lipinski definition) is 0. The van der Waals surface area contributed by atoms with Crippen molar-refractivity contribution in [1.29, 1.82) is 0 Å². The monoisotopic (exact) mass is 252 g/mol. The van der Waals surface area contributed by atoms with E-state index in [1.165, 1.54) is 5.56 Å². The van der Waals surface area contributed by atoms with E-state index >= 15 is 0 Å². The number of aromatic nitrogens is 1. The first-order valence-electron chi connectivity index (χ1n) is 4.79. The molecule has 0 saturated carbocycles. The molecule has 74 valence electrons. The van der Waals surface area contributed by atoms with E-state index in [1.807, 2.05) is 12.3 Å². The first kappa shape index (κ1) is 10.0. The van der Waals surface area contributed by atoms with Crippen molar-refractivity contribution >= 4 is 22.7 Å². The van der Waals surface area contributed by atoms with Gasteiger partial charge in [-0.15, -0.1) is 0 Å². The van der Waals surface area contributed by atoms with E-state index in [-0.39, 0.29) is 0 Å². The van der Waals surface area contributed by atoms with E-state index in [4.69, 9.17) is 4.74 Å². The van der Waals surface area contributed by atoms with Crippen LogP contribution in [0.3, 0.4) is 0 Å². The Morgan fingerprint density at radius 2 is 2.21 bits per heavy atom. The van der Waals surface area contributed by atoms with Gasteiger partial charge in [0.2, 0.25) is 0 Å². The van der Waals surface area contributed by atoms with Crippen molar-refractivity contribution in [3.63, 3.8) is 0 Å². The Morgan fingerprint density at radius 3 is 2.93 bits per heavy atom. The summed E-state index contributed by atoms with van der Waals surface area (Å²) in [5.41, 5.74) is 1.30. The average Bonchev–Trinajstić information content (AvgIpc) is 2.30. The summed E-state index contributed by atoms with van der Waals surface area (Å²) in [6, 6.07) is 4.13. The van der Waals surface area contributed by atoms with Crippen LogP contribution in [0, 0.1) is 0 Å². The molecule has 1 aliphatic heterocycles. The van der Waals surface area contributed by atoms with Crippen molar-refractivity contribution < 1.29 is 4.74 Å². The first-order chi connectivity index (χ1) is 6.92. The molecule has 2 radical (unpaired) electrons. The van der Waals surface area contributed by atoms with Crippen molar-refractivity contribution in [2.75, 3.05) is 31.2 Å². The zero-order chi connectivity index (χ0) is 9.80. The van der Waals surface area contributed by atoms with Gasteiger partial charge in [-0.1, -0.05) is 0 Å². The number of ether oxygens (including phenoxy) is 1. The molecule has 1 saturated heterocycles. The van der Waals surface area contributed by atoms with Crippen molar-refractivity contribution in [2.24, 2.45) is 0 Å². The van der Waals surface area contributed by atoms with Crippen LogP contribution in [0.1, 0.15) is 5.56 Å². The fraction of sp³-hybridized carbons (Fsp3) is 0.500. The Labute approximate surface area is 93.0 Å². The molecular weight excluding hydrogens is 239 g/mol. The second-order valence-electron chi connectivity index (χ2n) is 3.24. The number of pyridine rings is 1. The first-order valence-corrected chi connectivity index (χ1v) is 6.12. The number of hydrogen-bond acceptors (Lipinski definition) is 3. The van der Waals surface area contributed by atoms with Crippen molar-refractivity contribution in [1.82, 2.24) is 4.98 Å². The van der Waals surface area contributed by atoms with Crippen LogP contribution in [0.15, 0.2) is 18.3 Å². The average molecular weight is 252 g/mol. The zero-order valence-electron chi connectivity index (χ0n) is 8.02. The van der Waals surface area contributed by atoms with E-state index < -0.39 is 0 Å². The minimum absolute atomic E-state index is 0.814. The Bertz CT molecular complexity index is 300. The van der Waals surface area contributed by atoms with E-state index in [0.29, 0.717) is 0 Å². The molecule has 1 aromatic heterocycles. The summed E-state index contributed by atoms with van der Waals surface area (Å²) in [4.78, 5) is 6.73. The van der Waals surface area contributed by atoms with E-state index in [1.54, 1.807) is 0 Å². The van der Waals surface area contributed by atoms with E-state index in [2.05, 4.69) is 32.8 Å². The molecule has 0 atom stereocenters. The van der Waals surface area contributed by atoms with Crippen molar-refractivity contribution in [3.8, 4) is 0 Å². The quantitative estimate of drug-likeness (QED) is 0.720. The van der Waals surface area contributed by atoms with Crippen LogP contribution in [0.25, 0.3) is 0 Å². The minimum atomic E-state index is 0.814. The SMILES string of the molecule is [As]Cc1cccnc1N1CCOCC1. The normalized spacial score (nSPS) is 17.1. The second-order valence-corrected chi connectivity index (χ2v) is 3.91. The maximum atomic E-state index is 5.32. The maximum absolute atomic E-state index is 5.32. The van der Waals surface area contributed by atoms with Crippen LogP contribution in [0.5, 0.6) is 0 Å². The number of rotatable bonds is 2. The van der Waals surface area contributed by atoms with Crippen molar-refractivity contribution in [3.05, 3.63) is 23.9 Å². The third-order valence-electron chi connectivity index (χ3n) is 2.35.